The van der Waals surface area contributed by atoms with Crippen molar-refractivity contribution in [2.75, 3.05) is 32.8 Å². The van der Waals surface area contributed by atoms with Gasteiger partial charge in [-0.05, 0) is 37.8 Å². The van der Waals surface area contributed by atoms with Gasteiger partial charge in [-0.3, -0.25) is 9.69 Å². The van der Waals surface area contributed by atoms with E-state index < -0.39 is 0 Å². The van der Waals surface area contributed by atoms with Gasteiger partial charge < -0.3 is 9.64 Å². The third-order valence-electron chi connectivity index (χ3n) is 4.92. The molecule has 1 aliphatic heterocycles. The van der Waals surface area contributed by atoms with E-state index in [-0.39, 0.29) is 12.5 Å². The van der Waals surface area contributed by atoms with Crippen molar-refractivity contribution in [2.24, 2.45) is 0 Å². The van der Waals surface area contributed by atoms with Gasteiger partial charge in [0, 0.05) is 32.2 Å². The average molecular weight is 302 g/mol. The monoisotopic (exact) mass is 302 g/mol. The van der Waals surface area contributed by atoms with Crippen molar-refractivity contribution >= 4 is 5.91 Å². The minimum atomic E-state index is 0.110. The summed E-state index contributed by atoms with van der Waals surface area (Å²) in [5.74, 6) is 0.917. The van der Waals surface area contributed by atoms with Gasteiger partial charge in [0.1, 0.15) is 5.75 Å². The lowest BCUT2D eigenvalue weighted by molar-refractivity contribution is -0.133. The first-order chi connectivity index (χ1) is 10.7. The molecule has 1 aliphatic carbocycles. The van der Waals surface area contributed by atoms with E-state index in [1.807, 2.05) is 36.1 Å². The molecule has 0 atom stereocenters. The molecular formula is C18H26N2O2. The summed E-state index contributed by atoms with van der Waals surface area (Å²) in [5.41, 5.74) is 1.07. The van der Waals surface area contributed by atoms with Crippen LogP contribution in [-0.2, 0) is 4.79 Å². The molecule has 1 saturated carbocycles. The van der Waals surface area contributed by atoms with Gasteiger partial charge in [0.05, 0.1) is 0 Å². The molecule has 0 aromatic heterocycles. The number of carbonyl (C=O) groups is 1. The summed E-state index contributed by atoms with van der Waals surface area (Å²) < 4.78 is 5.69. The normalized spacial score (nSPS) is 20.3. The molecular weight excluding hydrogens is 276 g/mol. The number of amides is 1. The van der Waals surface area contributed by atoms with E-state index in [0.717, 1.165) is 50.0 Å². The van der Waals surface area contributed by atoms with Crippen LogP contribution in [-0.4, -0.2) is 54.5 Å². The topological polar surface area (TPSA) is 32.8 Å². The number of aryl methyl sites for hydroxylation is 1. The number of rotatable bonds is 4. The molecule has 0 unspecified atom stereocenters. The number of ether oxygens (including phenoxy) is 1. The highest BCUT2D eigenvalue weighted by Crippen LogP contribution is 2.25. The lowest BCUT2D eigenvalue weighted by Crippen LogP contribution is -2.43. The first-order valence-electron chi connectivity index (χ1n) is 8.44. The van der Waals surface area contributed by atoms with Crippen LogP contribution in [0, 0.1) is 6.92 Å². The molecule has 22 heavy (non-hydrogen) atoms. The molecule has 2 fully saturated rings. The third kappa shape index (κ3) is 3.61. The van der Waals surface area contributed by atoms with E-state index in [4.69, 9.17) is 4.74 Å². The Balaban J connectivity index is 1.48. The highest BCUT2D eigenvalue weighted by atomic mass is 16.5. The SMILES string of the molecule is Cc1ccccc1OCC(=O)N1CCCN(C2CCC2)CC1. The quantitative estimate of drug-likeness (QED) is 0.856. The fourth-order valence-corrected chi connectivity index (χ4v) is 3.25. The van der Waals surface area contributed by atoms with E-state index in [0.29, 0.717) is 0 Å². The molecule has 1 aromatic carbocycles. The fourth-order valence-electron chi connectivity index (χ4n) is 3.25. The molecule has 1 aromatic rings. The van der Waals surface area contributed by atoms with Crippen LogP contribution in [0.4, 0.5) is 0 Å². The van der Waals surface area contributed by atoms with Gasteiger partial charge in [0.25, 0.3) is 5.91 Å². The highest BCUT2D eigenvalue weighted by Gasteiger charge is 2.27. The first kappa shape index (κ1) is 15.3. The largest absolute Gasteiger partial charge is 0.484 e. The van der Waals surface area contributed by atoms with Gasteiger partial charge in [-0.2, -0.15) is 0 Å². The van der Waals surface area contributed by atoms with Gasteiger partial charge in [0.2, 0.25) is 0 Å². The minimum absolute atomic E-state index is 0.110. The second-order valence-electron chi connectivity index (χ2n) is 6.41. The number of hydrogen-bond donors (Lipinski definition) is 0. The van der Waals surface area contributed by atoms with Crippen LogP contribution in [0.3, 0.4) is 0 Å². The van der Waals surface area contributed by atoms with Crippen molar-refractivity contribution in [3.05, 3.63) is 29.8 Å². The molecule has 1 heterocycles. The summed E-state index contributed by atoms with van der Waals surface area (Å²) in [7, 11) is 0. The van der Waals surface area contributed by atoms with Crippen molar-refractivity contribution < 1.29 is 9.53 Å². The fraction of sp³-hybridized carbons (Fsp3) is 0.611. The Hall–Kier alpha value is -1.55. The summed E-state index contributed by atoms with van der Waals surface area (Å²) >= 11 is 0. The van der Waals surface area contributed by atoms with Crippen LogP contribution < -0.4 is 4.74 Å². The van der Waals surface area contributed by atoms with Crippen molar-refractivity contribution in [3.63, 3.8) is 0 Å². The van der Waals surface area contributed by atoms with Gasteiger partial charge in [-0.25, -0.2) is 0 Å². The van der Waals surface area contributed by atoms with E-state index >= 15 is 0 Å². The molecule has 2 aliphatic rings. The zero-order valence-corrected chi connectivity index (χ0v) is 13.5. The molecule has 120 valence electrons. The second kappa shape index (κ2) is 7.14. The van der Waals surface area contributed by atoms with Crippen molar-refractivity contribution in [1.29, 1.82) is 0 Å². The van der Waals surface area contributed by atoms with E-state index in [9.17, 15) is 4.79 Å². The lowest BCUT2D eigenvalue weighted by atomic mass is 9.91. The summed E-state index contributed by atoms with van der Waals surface area (Å²) in [4.78, 5) is 16.9. The van der Waals surface area contributed by atoms with E-state index in [1.165, 1.54) is 19.3 Å². The molecule has 3 rings (SSSR count). The van der Waals surface area contributed by atoms with E-state index in [2.05, 4.69) is 4.90 Å². The minimum Gasteiger partial charge on any atom is -0.484 e. The molecule has 4 nitrogen and oxygen atoms in total. The van der Waals surface area contributed by atoms with Crippen LogP contribution in [0.5, 0.6) is 5.75 Å². The second-order valence-corrected chi connectivity index (χ2v) is 6.41. The van der Waals surface area contributed by atoms with Crippen LogP contribution in [0.2, 0.25) is 0 Å². The maximum atomic E-state index is 12.4. The molecule has 1 saturated heterocycles. The van der Waals surface area contributed by atoms with Gasteiger partial charge in [-0.1, -0.05) is 24.6 Å². The third-order valence-corrected chi connectivity index (χ3v) is 4.92. The maximum Gasteiger partial charge on any atom is 0.260 e. The predicted molar refractivity (Wildman–Crippen MR) is 87.1 cm³/mol. The maximum absolute atomic E-state index is 12.4. The van der Waals surface area contributed by atoms with Crippen molar-refractivity contribution in [3.8, 4) is 5.75 Å². The molecule has 0 spiro atoms. The van der Waals surface area contributed by atoms with Crippen molar-refractivity contribution in [2.45, 2.75) is 38.6 Å². The summed E-state index contributed by atoms with van der Waals surface area (Å²) in [6.07, 6.45) is 5.12. The number of nitrogens with zero attached hydrogens (tertiary/aromatic N) is 2. The Labute approximate surface area is 133 Å². The number of hydrogen-bond acceptors (Lipinski definition) is 3. The van der Waals surface area contributed by atoms with Crippen molar-refractivity contribution in [1.82, 2.24) is 9.80 Å². The smallest absolute Gasteiger partial charge is 0.260 e. The molecule has 1 amide bonds. The Kier molecular flexibility index (Phi) is 4.98. The molecule has 4 heteroatoms. The zero-order chi connectivity index (χ0) is 15.4. The van der Waals surface area contributed by atoms with E-state index in [1.54, 1.807) is 0 Å². The number of benzene rings is 1. The Morgan fingerprint density at radius 1 is 1.14 bits per heavy atom. The van der Waals surface area contributed by atoms with Gasteiger partial charge in [-0.15, -0.1) is 0 Å². The Bertz CT molecular complexity index is 514. The Morgan fingerprint density at radius 3 is 2.68 bits per heavy atom. The Morgan fingerprint density at radius 2 is 1.95 bits per heavy atom. The number of para-hydroxylation sites is 1. The van der Waals surface area contributed by atoms with Crippen LogP contribution in [0.25, 0.3) is 0 Å². The van der Waals surface area contributed by atoms with Gasteiger partial charge >= 0.3 is 0 Å². The van der Waals surface area contributed by atoms with Crippen LogP contribution >= 0.6 is 0 Å². The lowest BCUT2D eigenvalue weighted by Gasteiger charge is -2.36. The zero-order valence-electron chi connectivity index (χ0n) is 13.5. The van der Waals surface area contributed by atoms with Crippen LogP contribution in [0.15, 0.2) is 24.3 Å². The molecule has 0 N–H and O–H groups in total. The average Bonchev–Trinajstić information content (AvgIpc) is 2.70. The van der Waals surface area contributed by atoms with Gasteiger partial charge in [0.15, 0.2) is 6.61 Å². The predicted octanol–water partition coefficient (Wildman–Crippen LogP) is 2.46. The molecule has 0 bridgehead atoms. The number of carbonyl (C=O) groups excluding carboxylic acids is 1. The summed E-state index contributed by atoms with van der Waals surface area (Å²) in [5, 5.41) is 0. The summed E-state index contributed by atoms with van der Waals surface area (Å²) in [6, 6.07) is 8.62. The standard InChI is InChI=1S/C18H26N2O2/c1-15-6-2-3-9-17(15)22-14-18(21)20-11-5-10-19(12-13-20)16-7-4-8-16/h2-3,6,9,16H,4-5,7-8,10-14H2,1H3. The summed E-state index contributed by atoms with van der Waals surface area (Å²) in [6.45, 7) is 6.00. The van der Waals surface area contributed by atoms with Crippen LogP contribution in [0.1, 0.15) is 31.2 Å². The molecule has 0 radical (unpaired) electrons. The first-order valence-corrected chi connectivity index (χ1v) is 8.44. The highest BCUT2D eigenvalue weighted by molar-refractivity contribution is 5.77.